The molecule has 1 amide bonds. The molecule has 2 saturated heterocycles. The van der Waals surface area contributed by atoms with Crippen molar-refractivity contribution in [2.75, 3.05) is 13.2 Å². The lowest BCUT2D eigenvalue weighted by atomic mass is 9.70. The summed E-state index contributed by atoms with van der Waals surface area (Å²) in [6.45, 7) is 3.30. The van der Waals surface area contributed by atoms with Crippen LogP contribution in [-0.2, 0) is 9.47 Å². The second-order valence-electron chi connectivity index (χ2n) is 8.57. The summed E-state index contributed by atoms with van der Waals surface area (Å²) in [5, 5.41) is 2.88. The summed E-state index contributed by atoms with van der Waals surface area (Å²) in [7, 11) is 0. The minimum Gasteiger partial charge on any atom is -0.449 e. The van der Waals surface area contributed by atoms with Crippen molar-refractivity contribution in [3.05, 3.63) is 0 Å². The highest BCUT2D eigenvalue weighted by molar-refractivity contribution is 5.67. The Hall–Kier alpha value is -0.850. The van der Waals surface area contributed by atoms with Gasteiger partial charge in [0.2, 0.25) is 0 Å². The van der Waals surface area contributed by atoms with Gasteiger partial charge >= 0.3 is 6.09 Å². The summed E-state index contributed by atoms with van der Waals surface area (Å²) in [5.41, 5.74) is 7.20. The molecule has 0 aromatic heterocycles. The van der Waals surface area contributed by atoms with E-state index in [2.05, 4.69) is 23.1 Å². The first kappa shape index (κ1) is 17.6. The molecule has 6 nitrogen and oxygen atoms in total. The zero-order valence-corrected chi connectivity index (χ0v) is 15.3. The smallest absolute Gasteiger partial charge is 0.407 e. The summed E-state index contributed by atoms with van der Waals surface area (Å²) in [5.74, 6) is 1.85. The topological polar surface area (TPSA) is 71.6 Å². The minimum atomic E-state index is -0.274. The lowest BCUT2D eigenvalue weighted by Crippen LogP contribution is -2.42. The monoisotopic (exact) mass is 351 g/mol. The van der Waals surface area contributed by atoms with Gasteiger partial charge in [0, 0.05) is 18.6 Å². The number of hydrazine groups is 1. The van der Waals surface area contributed by atoms with Gasteiger partial charge in [-0.2, -0.15) is 0 Å². The van der Waals surface area contributed by atoms with Crippen molar-refractivity contribution in [3.8, 4) is 0 Å². The van der Waals surface area contributed by atoms with Crippen molar-refractivity contribution in [1.29, 1.82) is 0 Å². The second-order valence-corrected chi connectivity index (χ2v) is 8.57. The van der Waals surface area contributed by atoms with Crippen LogP contribution in [0.3, 0.4) is 0 Å². The number of cyclic esters (lactones) is 1. The lowest BCUT2D eigenvalue weighted by Gasteiger charge is -2.39. The number of carbonyl (C=O) groups excluding carboxylic acids is 1. The van der Waals surface area contributed by atoms with E-state index in [1.165, 1.54) is 25.7 Å². The largest absolute Gasteiger partial charge is 0.449 e. The predicted molar refractivity (Wildman–Crippen MR) is 94.9 cm³/mol. The molecule has 6 unspecified atom stereocenters. The third kappa shape index (κ3) is 4.12. The highest BCUT2D eigenvalue weighted by atomic mass is 16.5. The van der Waals surface area contributed by atoms with Crippen LogP contribution < -0.4 is 16.2 Å². The molecule has 0 spiro atoms. The van der Waals surface area contributed by atoms with E-state index in [-0.39, 0.29) is 12.2 Å². The maximum absolute atomic E-state index is 11.9. The van der Waals surface area contributed by atoms with Gasteiger partial charge in [-0.1, -0.05) is 6.42 Å². The molecule has 4 bridgehead atoms. The zero-order valence-electron chi connectivity index (χ0n) is 15.3. The van der Waals surface area contributed by atoms with Crippen molar-refractivity contribution in [2.24, 2.45) is 17.8 Å². The fourth-order valence-corrected chi connectivity index (χ4v) is 5.47. The van der Waals surface area contributed by atoms with Crippen molar-refractivity contribution < 1.29 is 14.3 Å². The molecular weight excluding hydrogens is 318 g/mol. The predicted octanol–water partition coefficient (Wildman–Crippen LogP) is 2.34. The molecule has 2 saturated carbocycles. The van der Waals surface area contributed by atoms with Crippen molar-refractivity contribution in [2.45, 2.75) is 82.6 Å². The summed E-state index contributed by atoms with van der Waals surface area (Å²) in [6.07, 6.45) is 9.46. The van der Waals surface area contributed by atoms with E-state index in [0.29, 0.717) is 49.1 Å². The summed E-state index contributed by atoms with van der Waals surface area (Å²) >= 11 is 0. The second kappa shape index (κ2) is 7.80. The quantitative estimate of drug-likeness (QED) is 0.625. The van der Waals surface area contributed by atoms with Crippen LogP contribution in [0.5, 0.6) is 0 Å². The molecular formula is C19H33N3O3. The summed E-state index contributed by atoms with van der Waals surface area (Å²) in [4.78, 5) is 11.9. The molecule has 0 radical (unpaired) electrons. The highest BCUT2D eigenvalue weighted by Crippen LogP contribution is 2.40. The first-order chi connectivity index (χ1) is 12.2. The van der Waals surface area contributed by atoms with E-state index in [9.17, 15) is 4.79 Å². The van der Waals surface area contributed by atoms with Crippen LogP contribution in [-0.4, -0.2) is 43.5 Å². The number of fused-ring (bicyclic) bond motifs is 4. The lowest BCUT2D eigenvalue weighted by molar-refractivity contribution is -0.0400. The number of hydrogen-bond donors (Lipinski definition) is 3. The summed E-state index contributed by atoms with van der Waals surface area (Å²) in [6, 6.07) is 1.13. The third-order valence-corrected chi connectivity index (χ3v) is 6.77. The normalized spacial score (nSPS) is 45.6. The van der Waals surface area contributed by atoms with Crippen LogP contribution in [0.1, 0.15) is 58.3 Å². The molecule has 3 N–H and O–H groups in total. The molecule has 25 heavy (non-hydrogen) atoms. The molecule has 4 aliphatic rings. The maximum Gasteiger partial charge on any atom is 0.407 e. The average molecular weight is 351 g/mol. The van der Waals surface area contributed by atoms with E-state index >= 15 is 0 Å². The van der Waals surface area contributed by atoms with E-state index in [4.69, 9.17) is 9.47 Å². The van der Waals surface area contributed by atoms with Gasteiger partial charge in [0.05, 0.1) is 18.8 Å². The number of rotatable bonds is 0. The van der Waals surface area contributed by atoms with Crippen LogP contribution >= 0.6 is 0 Å². The highest BCUT2D eigenvalue weighted by Gasteiger charge is 2.45. The number of nitrogens with one attached hydrogen (secondary N) is 3. The van der Waals surface area contributed by atoms with E-state index < -0.39 is 0 Å². The van der Waals surface area contributed by atoms with Crippen LogP contribution in [0.2, 0.25) is 0 Å². The molecule has 2 aliphatic heterocycles. The van der Waals surface area contributed by atoms with Gasteiger partial charge < -0.3 is 14.8 Å². The van der Waals surface area contributed by atoms with Gasteiger partial charge in [-0.25, -0.2) is 4.79 Å². The Morgan fingerprint density at radius 3 is 2.88 bits per heavy atom. The van der Waals surface area contributed by atoms with E-state index in [1.54, 1.807) is 0 Å². The molecule has 0 aromatic rings. The Morgan fingerprint density at radius 1 is 1.04 bits per heavy atom. The Kier molecular flexibility index (Phi) is 5.48. The van der Waals surface area contributed by atoms with Crippen molar-refractivity contribution in [1.82, 2.24) is 16.2 Å². The van der Waals surface area contributed by atoms with Gasteiger partial charge in [0.1, 0.15) is 0 Å². The number of hydrogen-bond acceptors (Lipinski definition) is 5. The Labute approximate surface area is 150 Å². The first-order valence-corrected chi connectivity index (χ1v) is 10.3. The number of alkyl carbamates (subject to hydrolysis) is 1. The van der Waals surface area contributed by atoms with Gasteiger partial charge in [-0.3, -0.25) is 10.9 Å². The van der Waals surface area contributed by atoms with Crippen LogP contribution in [0.25, 0.3) is 0 Å². The molecule has 142 valence electrons. The van der Waals surface area contributed by atoms with Crippen molar-refractivity contribution in [3.63, 3.8) is 0 Å². The van der Waals surface area contributed by atoms with Crippen molar-refractivity contribution >= 4 is 6.09 Å². The van der Waals surface area contributed by atoms with Gasteiger partial charge in [-0.05, 0) is 69.6 Å². The Balaban J connectivity index is 1.48. The molecule has 7 atom stereocenters. The number of amides is 1. The molecule has 4 rings (SSSR count). The first-order valence-electron chi connectivity index (χ1n) is 10.3. The molecule has 4 fully saturated rings. The summed E-state index contributed by atoms with van der Waals surface area (Å²) < 4.78 is 11.8. The van der Waals surface area contributed by atoms with Crippen LogP contribution in [0.15, 0.2) is 0 Å². The van der Waals surface area contributed by atoms with E-state index in [0.717, 1.165) is 25.7 Å². The maximum atomic E-state index is 11.9. The fraction of sp³-hybridized carbons (Fsp3) is 0.947. The van der Waals surface area contributed by atoms with Gasteiger partial charge in [-0.15, -0.1) is 0 Å². The van der Waals surface area contributed by atoms with Crippen LogP contribution in [0, 0.1) is 17.8 Å². The van der Waals surface area contributed by atoms with Crippen LogP contribution in [0.4, 0.5) is 4.79 Å². The minimum absolute atomic E-state index is 0.173. The molecule has 0 aromatic carbocycles. The Bertz CT molecular complexity index is 475. The van der Waals surface area contributed by atoms with Gasteiger partial charge in [0.25, 0.3) is 0 Å². The average Bonchev–Trinajstić information content (AvgIpc) is 3.03. The Morgan fingerprint density at radius 2 is 1.96 bits per heavy atom. The SMILES string of the molecule is C[C@@H]1CCNC(=O)OCC2CCCC(C2)C2NNC3CCC(CC32)O1. The van der Waals surface area contributed by atoms with Gasteiger partial charge in [0.15, 0.2) is 0 Å². The van der Waals surface area contributed by atoms with E-state index in [1.807, 2.05) is 0 Å². The number of ether oxygens (including phenoxy) is 2. The zero-order chi connectivity index (χ0) is 17.2. The molecule has 2 heterocycles. The third-order valence-electron chi connectivity index (χ3n) is 6.77. The molecule has 2 aliphatic carbocycles. The fourth-order valence-electron chi connectivity index (χ4n) is 5.47. The standard InChI is InChI=1S/C19H33N3O3/c1-12-7-8-20-19(23)24-11-13-3-2-4-14(9-13)18-16-10-15(25-12)5-6-17(16)21-22-18/h12-18,21-22H,2-11H2,1H3,(H,20,23)/t12-,13?,14?,15?,16?,17?,18?/m1/s1. The number of carbonyl (C=O) groups is 1. The molecule has 6 heteroatoms.